The van der Waals surface area contributed by atoms with Gasteiger partial charge in [-0.25, -0.2) is 0 Å². The Hall–Kier alpha value is -1.54. The van der Waals surface area contributed by atoms with Gasteiger partial charge < -0.3 is 10.1 Å². The molecule has 0 atom stereocenters. The molecule has 0 spiro atoms. The number of hydrogen-bond acceptors (Lipinski definition) is 2. The summed E-state index contributed by atoms with van der Waals surface area (Å²) in [6.45, 7) is 0.954. The van der Waals surface area contributed by atoms with Crippen molar-refractivity contribution in [3.63, 3.8) is 0 Å². The zero-order valence-electron chi connectivity index (χ0n) is 10.8. The lowest BCUT2D eigenvalue weighted by atomic mass is 9.93. The molecule has 0 saturated heterocycles. The molecule has 0 radical (unpaired) electrons. The van der Waals surface area contributed by atoms with Gasteiger partial charge >= 0.3 is 0 Å². The van der Waals surface area contributed by atoms with Gasteiger partial charge in [0.1, 0.15) is 5.75 Å². The molecule has 0 aromatic heterocycles. The van der Waals surface area contributed by atoms with E-state index in [1.807, 2.05) is 0 Å². The maximum Gasteiger partial charge on any atom is 0.126 e. The summed E-state index contributed by atoms with van der Waals surface area (Å²) in [5.41, 5.74) is 1.36. The number of benzene rings is 2. The third-order valence-corrected chi connectivity index (χ3v) is 3.88. The second-order valence-electron chi connectivity index (χ2n) is 4.98. The highest BCUT2D eigenvalue weighted by molar-refractivity contribution is 5.91. The highest BCUT2D eigenvalue weighted by Gasteiger charge is 2.16. The molecule has 94 valence electrons. The van der Waals surface area contributed by atoms with Crippen LogP contribution in [0.4, 0.5) is 0 Å². The zero-order valence-corrected chi connectivity index (χ0v) is 10.8. The smallest absolute Gasteiger partial charge is 0.126 e. The van der Waals surface area contributed by atoms with Crippen molar-refractivity contribution < 1.29 is 4.74 Å². The van der Waals surface area contributed by atoms with E-state index in [2.05, 4.69) is 41.7 Å². The van der Waals surface area contributed by atoms with Crippen molar-refractivity contribution in [2.24, 2.45) is 0 Å². The van der Waals surface area contributed by atoms with Crippen LogP contribution in [-0.2, 0) is 6.54 Å². The van der Waals surface area contributed by atoms with E-state index in [0.29, 0.717) is 0 Å². The lowest BCUT2D eigenvalue weighted by molar-refractivity contribution is 0.338. The van der Waals surface area contributed by atoms with Crippen molar-refractivity contribution in [1.29, 1.82) is 0 Å². The molecule has 0 unspecified atom stereocenters. The van der Waals surface area contributed by atoms with E-state index in [-0.39, 0.29) is 0 Å². The van der Waals surface area contributed by atoms with Crippen LogP contribution in [0.25, 0.3) is 10.8 Å². The Morgan fingerprint density at radius 2 is 1.89 bits per heavy atom. The predicted octanol–water partition coefficient (Wildman–Crippen LogP) is 3.49. The van der Waals surface area contributed by atoms with Gasteiger partial charge in [-0.15, -0.1) is 0 Å². The minimum absolute atomic E-state index is 0.728. The molecular weight excluding hydrogens is 222 g/mol. The standard InChI is InChI=1S/C16H19NO/c1-18-16-10-9-12(11-17-13-5-4-6-13)14-7-2-3-8-15(14)16/h2-3,7-10,13,17H,4-6,11H2,1H3. The molecule has 2 aromatic carbocycles. The molecule has 3 rings (SSSR count). The van der Waals surface area contributed by atoms with Gasteiger partial charge in [0.05, 0.1) is 7.11 Å². The largest absolute Gasteiger partial charge is 0.496 e. The van der Waals surface area contributed by atoms with Crippen molar-refractivity contribution in [1.82, 2.24) is 5.32 Å². The predicted molar refractivity (Wildman–Crippen MR) is 75.0 cm³/mol. The Bertz CT molecular complexity index is 546. The van der Waals surface area contributed by atoms with Gasteiger partial charge in [0.25, 0.3) is 0 Å². The third-order valence-electron chi connectivity index (χ3n) is 3.88. The number of fused-ring (bicyclic) bond motifs is 1. The Kier molecular flexibility index (Phi) is 3.20. The fourth-order valence-electron chi connectivity index (χ4n) is 2.53. The van der Waals surface area contributed by atoms with Gasteiger partial charge in [-0.1, -0.05) is 36.8 Å². The number of hydrogen-bond donors (Lipinski definition) is 1. The average Bonchev–Trinajstić information content (AvgIpc) is 2.37. The minimum Gasteiger partial charge on any atom is -0.496 e. The Balaban J connectivity index is 1.91. The first-order chi connectivity index (χ1) is 8.88. The lowest BCUT2D eigenvalue weighted by Gasteiger charge is -2.26. The fraction of sp³-hybridized carbons (Fsp3) is 0.375. The van der Waals surface area contributed by atoms with Gasteiger partial charge in [-0.05, 0) is 29.9 Å². The van der Waals surface area contributed by atoms with E-state index in [9.17, 15) is 0 Å². The number of rotatable bonds is 4. The Morgan fingerprint density at radius 3 is 2.56 bits per heavy atom. The maximum atomic E-state index is 5.42. The van der Waals surface area contributed by atoms with Crippen LogP contribution in [0.1, 0.15) is 24.8 Å². The summed E-state index contributed by atoms with van der Waals surface area (Å²) in [5.74, 6) is 0.956. The number of methoxy groups -OCH3 is 1. The van der Waals surface area contributed by atoms with Gasteiger partial charge in [0, 0.05) is 18.0 Å². The molecule has 0 heterocycles. The molecule has 2 aromatic rings. The normalized spacial score (nSPS) is 15.6. The summed E-state index contributed by atoms with van der Waals surface area (Å²) in [6, 6.07) is 13.4. The summed E-state index contributed by atoms with van der Waals surface area (Å²) in [5, 5.41) is 6.12. The zero-order chi connectivity index (χ0) is 12.4. The van der Waals surface area contributed by atoms with Crippen molar-refractivity contribution in [2.45, 2.75) is 31.8 Å². The molecule has 1 fully saturated rings. The van der Waals surface area contributed by atoms with Gasteiger partial charge in [-0.3, -0.25) is 0 Å². The highest BCUT2D eigenvalue weighted by Crippen LogP contribution is 2.28. The molecule has 0 aliphatic heterocycles. The Morgan fingerprint density at radius 1 is 1.11 bits per heavy atom. The SMILES string of the molecule is COc1ccc(CNC2CCC2)c2ccccc12. The molecule has 0 amide bonds. The van der Waals surface area contributed by atoms with Crippen molar-refractivity contribution in [3.05, 3.63) is 42.0 Å². The first kappa shape index (κ1) is 11.5. The maximum absolute atomic E-state index is 5.42. The average molecular weight is 241 g/mol. The van der Waals surface area contributed by atoms with E-state index >= 15 is 0 Å². The summed E-state index contributed by atoms with van der Waals surface area (Å²) >= 11 is 0. The van der Waals surface area contributed by atoms with E-state index in [4.69, 9.17) is 4.74 Å². The van der Waals surface area contributed by atoms with Crippen LogP contribution >= 0.6 is 0 Å². The van der Waals surface area contributed by atoms with Crippen molar-refractivity contribution in [2.75, 3.05) is 7.11 Å². The van der Waals surface area contributed by atoms with E-state index in [1.165, 1.54) is 35.6 Å². The first-order valence-electron chi connectivity index (χ1n) is 6.66. The van der Waals surface area contributed by atoms with Gasteiger partial charge in [0.2, 0.25) is 0 Å². The van der Waals surface area contributed by atoms with Crippen LogP contribution in [0.2, 0.25) is 0 Å². The fourth-order valence-corrected chi connectivity index (χ4v) is 2.53. The van der Waals surface area contributed by atoms with Gasteiger partial charge in [0.15, 0.2) is 0 Å². The van der Waals surface area contributed by atoms with Crippen LogP contribution in [0.3, 0.4) is 0 Å². The lowest BCUT2D eigenvalue weighted by Crippen LogP contribution is -2.34. The highest BCUT2D eigenvalue weighted by atomic mass is 16.5. The molecular formula is C16H19NO. The second kappa shape index (κ2) is 4.99. The number of ether oxygens (including phenoxy) is 1. The molecule has 1 saturated carbocycles. The van der Waals surface area contributed by atoms with E-state index in [1.54, 1.807) is 7.11 Å². The molecule has 1 N–H and O–H groups in total. The summed E-state index contributed by atoms with van der Waals surface area (Å²) < 4.78 is 5.42. The second-order valence-corrected chi connectivity index (χ2v) is 4.98. The quantitative estimate of drug-likeness (QED) is 0.884. The summed E-state index contributed by atoms with van der Waals surface area (Å²) in [7, 11) is 1.73. The molecule has 2 nitrogen and oxygen atoms in total. The number of nitrogens with one attached hydrogen (secondary N) is 1. The van der Waals surface area contributed by atoms with Crippen LogP contribution in [-0.4, -0.2) is 13.2 Å². The molecule has 2 heteroatoms. The molecule has 1 aliphatic rings. The summed E-state index contributed by atoms with van der Waals surface area (Å²) in [4.78, 5) is 0. The van der Waals surface area contributed by atoms with E-state index in [0.717, 1.165) is 18.3 Å². The van der Waals surface area contributed by atoms with Crippen LogP contribution in [0, 0.1) is 0 Å². The topological polar surface area (TPSA) is 21.3 Å². The first-order valence-corrected chi connectivity index (χ1v) is 6.66. The van der Waals surface area contributed by atoms with Crippen molar-refractivity contribution >= 4 is 10.8 Å². The van der Waals surface area contributed by atoms with Gasteiger partial charge in [-0.2, -0.15) is 0 Å². The summed E-state index contributed by atoms with van der Waals surface area (Å²) in [6.07, 6.45) is 4.03. The molecule has 1 aliphatic carbocycles. The van der Waals surface area contributed by atoms with Crippen LogP contribution < -0.4 is 10.1 Å². The van der Waals surface area contributed by atoms with Crippen LogP contribution in [0.15, 0.2) is 36.4 Å². The van der Waals surface area contributed by atoms with Crippen molar-refractivity contribution in [3.8, 4) is 5.75 Å². The third kappa shape index (κ3) is 2.08. The van der Waals surface area contributed by atoms with E-state index < -0.39 is 0 Å². The van der Waals surface area contributed by atoms with Crippen LogP contribution in [0.5, 0.6) is 5.75 Å². The Labute approximate surface area is 108 Å². The molecule has 18 heavy (non-hydrogen) atoms. The monoisotopic (exact) mass is 241 g/mol. The minimum atomic E-state index is 0.728. The molecule has 0 bridgehead atoms.